The van der Waals surface area contributed by atoms with Gasteiger partial charge in [0.2, 0.25) is 0 Å². The summed E-state index contributed by atoms with van der Waals surface area (Å²) in [4.78, 5) is 0. The number of halogens is 4. The summed E-state index contributed by atoms with van der Waals surface area (Å²) in [5, 5.41) is 0. The van der Waals surface area contributed by atoms with E-state index in [0.29, 0.717) is 0 Å². The summed E-state index contributed by atoms with van der Waals surface area (Å²) in [6.07, 6.45) is 10.5. The van der Waals surface area contributed by atoms with E-state index >= 15 is 0 Å². The Morgan fingerprint density at radius 2 is 0.842 bits per heavy atom. The summed E-state index contributed by atoms with van der Waals surface area (Å²) in [5.41, 5.74) is 0. The molecule has 2 bridgehead atoms. The van der Waals surface area contributed by atoms with Crippen molar-refractivity contribution in [2.24, 2.45) is 11.8 Å². The van der Waals surface area contributed by atoms with Crippen LogP contribution in [0.4, 0.5) is 17.3 Å². The van der Waals surface area contributed by atoms with Crippen LogP contribution in [0.2, 0.25) is 0 Å². The third-order valence-electron chi connectivity index (χ3n) is 2.42. The molecule has 1 aromatic rings. The van der Waals surface area contributed by atoms with Crippen LogP contribution >= 0.6 is 0 Å². The van der Waals surface area contributed by atoms with Crippen LogP contribution in [0, 0.1) is 11.8 Å². The number of hydrogen-bond donors (Lipinski definition) is 0. The molecule has 0 atom stereocenters. The summed E-state index contributed by atoms with van der Waals surface area (Å²) in [7, 11) is -6.00. The van der Waals surface area contributed by atoms with Crippen LogP contribution in [0.3, 0.4) is 0 Å². The number of rotatable bonds is 0. The molecule has 0 saturated carbocycles. The molecule has 0 fully saturated rings. The van der Waals surface area contributed by atoms with Crippen molar-refractivity contribution in [2.45, 2.75) is 6.42 Å². The van der Waals surface area contributed by atoms with Crippen molar-refractivity contribution < 1.29 is 36.7 Å². The minimum atomic E-state index is -6.00. The first-order valence-electron chi connectivity index (χ1n) is 5.69. The Morgan fingerprint density at radius 1 is 0.632 bits per heavy atom. The summed E-state index contributed by atoms with van der Waals surface area (Å²) in [6, 6.07) is 12.0. The summed E-state index contributed by atoms with van der Waals surface area (Å²) >= 11 is 0. The molecule has 0 heterocycles. The van der Waals surface area contributed by atoms with Crippen LogP contribution in [-0.2, 0) is 19.5 Å². The first-order valence-corrected chi connectivity index (χ1v) is 5.69. The minimum absolute atomic E-state index is 0. The molecule has 3 rings (SSSR count). The normalized spacial score (nSPS) is 21.7. The Bertz CT molecular complexity index is 329. The van der Waals surface area contributed by atoms with E-state index in [2.05, 4.69) is 24.3 Å². The Labute approximate surface area is 123 Å². The maximum absolute atomic E-state index is 9.75. The van der Waals surface area contributed by atoms with E-state index in [1.54, 1.807) is 0 Å². The van der Waals surface area contributed by atoms with Crippen LogP contribution in [0.15, 0.2) is 60.7 Å². The molecule has 0 spiro atoms. The molecule has 0 amide bonds. The second-order valence-corrected chi connectivity index (χ2v) is 3.98. The predicted molar refractivity (Wildman–Crippen MR) is 66.5 cm³/mol. The molecule has 107 valence electrons. The van der Waals surface area contributed by atoms with Gasteiger partial charge in [0.1, 0.15) is 0 Å². The monoisotopic (exact) mass is 360 g/mol. The molecule has 0 nitrogen and oxygen atoms in total. The molecule has 0 saturated heterocycles. The van der Waals surface area contributed by atoms with Crippen molar-refractivity contribution in [1.82, 2.24) is 0 Å². The van der Waals surface area contributed by atoms with Crippen molar-refractivity contribution in [2.75, 3.05) is 0 Å². The first kappa shape index (κ1) is 18.1. The molecule has 1 radical (unpaired) electrons. The van der Waals surface area contributed by atoms with Gasteiger partial charge >= 0.3 is 7.25 Å². The van der Waals surface area contributed by atoms with Crippen LogP contribution in [0.1, 0.15) is 6.42 Å². The molecule has 19 heavy (non-hydrogen) atoms. The maximum Gasteiger partial charge on any atom is 0.673 e. The quantitative estimate of drug-likeness (QED) is 0.357. The summed E-state index contributed by atoms with van der Waals surface area (Å²) in [6.45, 7) is 0. The zero-order chi connectivity index (χ0) is 13.4. The van der Waals surface area contributed by atoms with Crippen molar-refractivity contribution in [3.05, 3.63) is 60.7 Å². The van der Waals surface area contributed by atoms with Gasteiger partial charge in [-0.25, -0.2) is 0 Å². The van der Waals surface area contributed by atoms with Gasteiger partial charge in [0.05, 0.1) is 0 Å². The zero-order valence-corrected chi connectivity index (χ0v) is 11.7. The van der Waals surface area contributed by atoms with Gasteiger partial charge in [-0.2, -0.15) is 0 Å². The van der Waals surface area contributed by atoms with Crippen molar-refractivity contribution in [3.63, 3.8) is 0 Å². The van der Waals surface area contributed by atoms with Crippen LogP contribution in [-0.4, -0.2) is 7.25 Å². The Balaban J connectivity index is 0.000000255. The topological polar surface area (TPSA) is 0 Å². The molecule has 2 aliphatic carbocycles. The third-order valence-corrected chi connectivity index (χ3v) is 2.42. The largest absolute Gasteiger partial charge is 0.673 e. The third kappa shape index (κ3) is 10.7. The predicted octanol–water partition coefficient (Wildman–Crippen LogP) is 4.73. The molecule has 0 aromatic heterocycles. The fourth-order valence-corrected chi connectivity index (χ4v) is 1.71. The van der Waals surface area contributed by atoms with Crippen LogP contribution < -0.4 is 0 Å². The van der Waals surface area contributed by atoms with Gasteiger partial charge in [-0.1, -0.05) is 60.7 Å². The fraction of sp³-hybridized carbons (Fsp3) is 0.231. The molecular formula is C13H14BF4Rh-. The standard InChI is InChI=1S/C7H8.C6H6.BF4.Rh/c1-2-7-4-3-6(1)5-7;1-2-4-6-5-3-1;2-1(3,4)5;/h1-4,6-7H,5H2;1-6H;;/q;;-1;. The first-order chi connectivity index (χ1) is 8.45. The molecule has 0 unspecified atom stereocenters. The van der Waals surface area contributed by atoms with Gasteiger partial charge in [-0.3, -0.25) is 0 Å². The van der Waals surface area contributed by atoms with Gasteiger partial charge < -0.3 is 17.3 Å². The van der Waals surface area contributed by atoms with E-state index in [9.17, 15) is 17.3 Å². The number of hydrogen-bond acceptors (Lipinski definition) is 0. The van der Waals surface area contributed by atoms with E-state index < -0.39 is 7.25 Å². The van der Waals surface area contributed by atoms with Gasteiger partial charge in [0.25, 0.3) is 0 Å². The molecule has 6 heteroatoms. The summed E-state index contributed by atoms with van der Waals surface area (Å²) in [5.74, 6) is 1.62. The van der Waals surface area contributed by atoms with Crippen molar-refractivity contribution >= 4 is 7.25 Å². The van der Waals surface area contributed by atoms with Crippen LogP contribution in [0.25, 0.3) is 0 Å². The second kappa shape index (κ2) is 9.08. The second-order valence-electron chi connectivity index (χ2n) is 3.98. The minimum Gasteiger partial charge on any atom is -0.418 e. The average molecular weight is 360 g/mol. The zero-order valence-electron chi connectivity index (χ0n) is 10.1. The van der Waals surface area contributed by atoms with E-state index in [0.717, 1.165) is 11.8 Å². The summed E-state index contributed by atoms with van der Waals surface area (Å²) < 4.78 is 39.0. The Kier molecular flexibility index (Phi) is 8.66. The number of fused-ring (bicyclic) bond motifs is 2. The van der Waals surface area contributed by atoms with Gasteiger partial charge in [-0.15, -0.1) is 0 Å². The van der Waals surface area contributed by atoms with E-state index in [1.807, 2.05) is 36.4 Å². The fourth-order valence-electron chi connectivity index (χ4n) is 1.71. The average Bonchev–Trinajstić information content (AvgIpc) is 2.94. The Hall–Kier alpha value is -0.892. The Morgan fingerprint density at radius 3 is 0.947 bits per heavy atom. The maximum atomic E-state index is 9.75. The van der Waals surface area contributed by atoms with E-state index in [4.69, 9.17) is 0 Å². The van der Waals surface area contributed by atoms with E-state index in [1.165, 1.54) is 6.42 Å². The number of benzene rings is 1. The molecule has 0 aliphatic heterocycles. The molecule has 2 aliphatic rings. The van der Waals surface area contributed by atoms with Crippen molar-refractivity contribution in [3.8, 4) is 0 Å². The molecular weight excluding hydrogens is 346 g/mol. The molecule has 1 aromatic carbocycles. The van der Waals surface area contributed by atoms with Crippen LogP contribution in [0.5, 0.6) is 0 Å². The van der Waals surface area contributed by atoms with Crippen molar-refractivity contribution in [1.29, 1.82) is 0 Å². The smallest absolute Gasteiger partial charge is 0.418 e. The molecule has 0 N–H and O–H groups in total. The van der Waals surface area contributed by atoms with Gasteiger partial charge in [0, 0.05) is 19.5 Å². The number of allylic oxidation sites excluding steroid dienone is 4. The van der Waals surface area contributed by atoms with Gasteiger partial charge in [-0.05, 0) is 18.3 Å². The van der Waals surface area contributed by atoms with Gasteiger partial charge in [0.15, 0.2) is 0 Å². The SMILES string of the molecule is C1=CC2C=CC1C2.F[B-](F)(F)F.[Rh].c1ccccc1. The van der Waals surface area contributed by atoms with E-state index in [-0.39, 0.29) is 19.5 Å².